The Morgan fingerprint density at radius 1 is 1.53 bits per heavy atom. The number of anilines is 1. The Bertz CT molecular complexity index is 595. The van der Waals surface area contributed by atoms with E-state index in [1.165, 1.54) is 11.5 Å². The molecule has 1 fully saturated rings. The molecule has 0 saturated carbocycles. The average Bonchev–Trinajstić information content (AvgIpc) is 2.69. The van der Waals surface area contributed by atoms with Crippen LogP contribution in [-0.2, 0) is 10.0 Å². The second-order valence-electron chi connectivity index (χ2n) is 4.82. The molecule has 8 heteroatoms. The number of sulfonamides is 1. The fourth-order valence-electron chi connectivity index (χ4n) is 2.33. The van der Waals surface area contributed by atoms with Gasteiger partial charge in [-0.05, 0) is 37.2 Å². The van der Waals surface area contributed by atoms with Crippen LogP contribution in [0.4, 0.5) is 5.00 Å². The van der Waals surface area contributed by atoms with E-state index < -0.39 is 10.0 Å². The van der Waals surface area contributed by atoms with Gasteiger partial charge in [-0.3, -0.25) is 0 Å². The molecule has 0 bridgehead atoms. The third-order valence-corrected chi connectivity index (χ3v) is 5.26. The molecule has 6 nitrogen and oxygen atoms in total. The van der Waals surface area contributed by atoms with Gasteiger partial charge in [-0.15, -0.1) is 0 Å². The first-order chi connectivity index (χ1) is 8.90. The van der Waals surface area contributed by atoms with Crippen molar-refractivity contribution in [2.45, 2.75) is 19.8 Å². The molecule has 0 radical (unpaired) electrons. The lowest BCUT2D eigenvalue weighted by molar-refractivity contribution is 0.437. The smallest absolute Gasteiger partial charge is 0.209 e. The van der Waals surface area contributed by atoms with E-state index in [1.54, 1.807) is 0 Å². The zero-order valence-electron chi connectivity index (χ0n) is 10.7. The van der Waals surface area contributed by atoms with E-state index in [0.29, 0.717) is 5.56 Å². The summed E-state index contributed by atoms with van der Waals surface area (Å²) < 4.78 is 26.3. The summed E-state index contributed by atoms with van der Waals surface area (Å²) in [4.78, 5) is 2.11. The largest absolute Gasteiger partial charge is 0.361 e. The lowest BCUT2D eigenvalue weighted by Crippen LogP contribution is -2.36. The Kier molecular flexibility index (Phi) is 4.08. The van der Waals surface area contributed by atoms with Crippen LogP contribution in [0.25, 0.3) is 0 Å². The molecular formula is C11H16N4O2S2. The lowest BCUT2D eigenvalue weighted by atomic mass is 9.99. The van der Waals surface area contributed by atoms with Gasteiger partial charge in [0.15, 0.2) is 0 Å². The molecule has 19 heavy (non-hydrogen) atoms. The molecule has 0 unspecified atom stereocenters. The Morgan fingerprint density at radius 2 is 2.16 bits per heavy atom. The molecule has 2 rings (SSSR count). The van der Waals surface area contributed by atoms with E-state index in [4.69, 9.17) is 10.4 Å². The topological polar surface area (TPSA) is 100 Å². The predicted molar refractivity (Wildman–Crippen MR) is 74.5 cm³/mol. The van der Waals surface area contributed by atoms with Crippen molar-refractivity contribution in [2.75, 3.05) is 23.7 Å². The van der Waals surface area contributed by atoms with Crippen molar-refractivity contribution < 1.29 is 8.42 Å². The summed E-state index contributed by atoms with van der Waals surface area (Å²) in [6.07, 6.45) is 1.55. The third-order valence-electron chi connectivity index (χ3n) is 3.33. The van der Waals surface area contributed by atoms with E-state index in [0.717, 1.165) is 36.6 Å². The normalized spacial score (nSPS) is 17.4. The van der Waals surface area contributed by atoms with Gasteiger partial charge >= 0.3 is 0 Å². The number of nitrogens with zero attached hydrogens (tertiary/aromatic N) is 3. The van der Waals surface area contributed by atoms with Gasteiger partial charge in [-0.2, -0.15) is 9.64 Å². The first kappa shape index (κ1) is 14.2. The van der Waals surface area contributed by atoms with Crippen molar-refractivity contribution in [3.8, 4) is 6.07 Å². The second-order valence-corrected chi connectivity index (χ2v) is 7.23. The van der Waals surface area contributed by atoms with Crippen molar-refractivity contribution in [1.29, 1.82) is 5.26 Å². The SMILES string of the molecule is Cc1nsc(N2CCC(CS(N)(=O)=O)CC2)c1C#N. The first-order valence-electron chi connectivity index (χ1n) is 6.02. The molecule has 1 saturated heterocycles. The molecular weight excluding hydrogens is 284 g/mol. The molecule has 1 aliphatic rings. The van der Waals surface area contributed by atoms with Crippen molar-refractivity contribution in [3.63, 3.8) is 0 Å². The Balaban J connectivity index is 2.02. The molecule has 104 valence electrons. The molecule has 0 aromatic carbocycles. The van der Waals surface area contributed by atoms with Crippen LogP contribution < -0.4 is 10.0 Å². The molecule has 0 atom stereocenters. The average molecular weight is 300 g/mol. The number of nitrogens with two attached hydrogens (primary N) is 1. The van der Waals surface area contributed by atoms with Crippen molar-refractivity contribution in [3.05, 3.63) is 11.3 Å². The minimum absolute atomic E-state index is 0.0493. The number of hydrogen-bond acceptors (Lipinski definition) is 6. The quantitative estimate of drug-likeness (QED) is 0.891. The number of nitriles is 1. The van der Waals surface area contributed by atoms with Crippen LogP contribution in [0.3, 0.4) is 0 Å². The number of piperidine rings is 1. The molecule has 2 N–H and O–H groups in total. The standard InChI is InChI=1S/C11H16N4O2S2/c1-8-10(6-12)11(18-14-8)15-4-2-9(3-5-15)7-19(13,16)17/h9H,2-5,7H2,1H3,(H2,13,16,17). The summed E-state index contributed by atoms with van der Waals surface area (Å²) in [6, 6.07) is 2.18. The van der Waals surface area contributed by atoms with Gasteiger partial charge in [0.1, 0.15) is 16.6 Å². The van der Waals surface area contributed by atoms with Crippen molar-refractivity contribution >= 4 is 26.6 Å². The summed E-state index contributed by atoms with van der Waals surface area (Å²) in [5.41, 5.74) is 1.39. The summed E-state index contributed by atoms with van der Waals surface area (Å²) in [6.45, 7) is 3.32. The van der Waals surface area contributed by atoms with E-state index in [9.17, 15) is 8.42 Å². The van der Waals surface area contributed by atoms with Crippen LogP contribution in [0.2, 0.25) is 0 Å². The van der Waals surface area contributed by atoms with Gasteiger partial charge in [0.2, 0.25) is 10.0 Å². The van der Waals surface area contributed by atoms with E-state index in [2.05, 4.69) is 15.3 Å². The minimum atomic E-state index is -3.40. The van der Waals surface area contributed by atoms with Gasteiger partial charge in [0.05, 0.1) is 11.4 Å². The Hall–Kier alpha value is -1.17. The number of aryl methyl sites for hydroxylation is 1. The van der Waals surface area contributed by atoms with Crippen LogP contribution in [-0.4, -0.2) is 31.6 Å². The number of rotatable bonds is 3. The second kappa shape index (κ2) is 5.45. The van der Waals surface area contributed by atoms with Gasteiger partial charge in [0, 0.05) is 13.1 Å². The van der Waals surface area contributed by atoms with Crippen LogP contribution in [0.15, 0.2) is 0 Å². The van der Waals surface area contributed by atoms with Crippen LogP contribution in [0, 0.1) is 24.2 Å². The third kappa shape index (κ3) is 3.43. The van der Waals surface area contributed by atoms with Gasteiger partial charge in [-0.25, -0.2) is 13.6 Å². The van der Waals surface area contributed by atoms with Gasteiger partial charge in [0.25, 0.3) is 0 Å². The summed E-state index contributed by atoms with van der Waals surface area (Å²) >= 11 is 1.33. The highest BCUT2D eigenvalue weighted by Gasteiger charge is 2.25. The number of aromatic nitrogens is 1. The molecule has 1 aromatic rings. The van der Waals surface area contributed by atoms with Crippen LogP contribution in [0.1, 0.15) is 24.1 Å². The highest BCUT2D eigenvalue weighted by Crippen LogP contribution is 2.31. The molecule has 2 heterocycles. The Labute approximate surface area is 117 Å². The molecule has 0 spiro atoms. The minimum Gasteiger partial charge on any atom is -0.361 e. The van der Waals surface area contributed by atoms with E-state index in [-0.39, 0.29) is 11.7 Å². The maximum absolute atomic E-state index is 11.1. The first-order valence-corrected chi connectivity index (χ1v) is 8.51. The number of hydrogen-bond donors (Lipinski definition) is 1. The van der Waals surface area contributed by atoms with Crippen molar-refractivity contribution in [2.24, 2.45) is 11.1 Å². The van der Waals surface area contributed by atoms with E-state index >= 15 is 0 Å². The zero-order valence-corrected chi connectivity index (χ0v) is 12.3. The molecule has 1 aromatic heterocycles. The lowest BCUT2D eigenvalue weighted by Gasteiger charge is -2.32. The molecule has 1 aliphatic heterocycles. The summed E-state index contributed by atoms with van der Waals surface area (Å²) in [5, 5.41) is 15.1. The maximum Gasteiger partial charge on any atom is 0.209 e. The fraction of sp³-hybridized carbons (Fsp3) is 0.636. The van der Waals surface area contributed by atoms with Crippen LogP contribution in [0.5, 0.6) is 0 Å². The molecule has 0 aliphatic carbocycles. The predicted octanol–water partition coefficient (Wildman–Crippen LogP) is 0.828. The maximum atomic E-state index is 11.1. The highest BCUT2D eigenvalue weighted by atomic mass is 32.2. The fourth-order valence-corrected chi connectivity index (χ4v) is 4.22. The van der Waals surface area contributed by atoms with Gasteiger partial charge in [-0.1, -0.05) is 0 Å². The molecule has 0 amide bonds. The highest BCUT2D eigenvalue weighted by molar-refractivity contribution is 7.89. The number of primary sulfonamides is 1. The summed E-state index contributed by atoms with van der Waals surface area (Å²) in [5.74, 6) is 0.166. The zero-order chi connectivity index (χ0) is 14.0. The monoisotopic (exact) mass is 300 g/mol. The van der Waals surface area contributed by atoms with Crippen LogP contribution >= 0.6 is 11.5 Å². The Morgan fingerprint density at radius 3 is 2.68 bits per heavy atom. The summed E-state index contributed by atoms with van der Waals surface area (Å²) in [7, 11) is -3.40. The van der Waals surface area contributed by atoms with Gasteiger partial charge < -0.3 is 4.90 Å². The van der Waals surface area contributed by atoms with E-state index in [1.807, 2.05) is 6.92 Å². The van der Waals surface area contributed by atoms with Crippen molar-refractivity contribution in [1.82, 2.24) is 4.37 Å².